The van der Waals surface area contributed by atoms with E-state index in [1.807, 2.05) is 9.80 Å². The van der Waals surface area contributed by atoms with Crippen LogP contribution < -0.4 is 16.0 Å². The zero-order chi connectivity index (χ0) is 22.1. The molecule has 1 aromatic carbocycles. The van der Waals surface area contributed by atoms with Crippen LogP contribution in [0.15, 0.2) is 24.5 Å². The molecule has 0 bridgehead atoms. The molecule has 4 rings (SSSR count). The highest BCUT2D eigenvalue weighted by atomic mass is 35.5. The quantitative estimate of drug-likeness (QED) is 0.743. The van der Waals surface area contributed by atoms with Gasteiger partial charge in [0.25, 0.3) is 0 Å². The minimum Gasteiger partial charge on any atom is -0.381 e. The number of nitrogens with zero attached hydrogens (tertiary/aromatic N) is 4. The van der Waals surface area contributed by atoms with Crippen molar-refractivity contribution in [1.82, 2.24) is 14.9 Å². The summed E-state index contributed by atoms with van der Waals surface area (Å²) in [7, 11) is 0. The first-order chi connectivity index (χ1) is 14.8. The molecule has 0 spiro atoms. The Morgan fingerprint density at radius 2 is 2.00 bits per heavy atom. The molecule has 10 heteroatoms. The molecule has 1 amide bonds. The van der Waals surface area contributed by atoms with E-state index in [0.717, 1.165) is 12.8 Å². The Balaban J connectivity index is 1.51. The lowest BCUT2D eigenvalue weighted by molar-refractivity contribution is -0.138. The third-order valence-electron chi connectivity index (χ3n) is 6.09. The maximum atomic E-state index is 14.5. The van der Waals surface area contributed by atoms with E-state index in [1.165, 1.54) is 18.5 Å². The highest BCUT2D eigenvalue weighted by Crippen LogP contribution is 2.30. The maximum Gasteiger partial charge on any atom is 0.245 e. The Hall–Kier alpha value is -2.68. The Bertz CT molecular complexity index is 957. The highest BCUT2D eigenvalue weighted by Gasteiger charge is 2.39. The normalized spacial score (nSPS) is 24.4. The van der Waals surface area contributed by atoms with Crippen molar-refractivity contribution in [1.29, 1.82) is 0 Å². The van der Waals surface area contributed by atoms with Crippen molar-refractivity contribution in [2.45, 2.75) is 38.3 Å². The summed E-state index contributed by atoms with van der Waals surface area (Å²) in [5, 5.41) is 3.40. The van der Waals surface area contributed by atoms with Crippen molar-refractivity contribution in [2.24, 2.45) is 5.92 Å². The molecular formula is C21H25ClF2N6O. The molecule has 2 aromatic rings. The average Bonchev–Trinajstić information content (AvgIpc) is 2.72. The van der Waals surface area contributed by atoms with Crippen LogP contribution in [-0.4, -0.2) is 52.5 Å². The number of nitrogens with two attached hydrogens (primary N) is 1. The summed E-state index contributed by atoms with van der Waals surface area (Å²) < 4.78 is 28.2. The summed E-state index contributed by atoms with van der Waals surface area (Å²) >= 11 is 5.94. The van der Waals surface area contributed by atoms with Gasteiger partial charge in [-0.3, -0.25) is 4.79 Å². The number of hydrogen-bond donors (Lipinski definition) is 2. The van der Waals surface area contributed by atoms with E-state index in [-0.39, 0.29) is 34.5 Å². The summed E-state index contributed by atoms with van der Waals surface area (Å²) in [5.74, 6) is -0.927. The molecule has 2 saturated heterocycles. The predicted molar refractivity (Wildman–Crippen MR) is 116 cm³/mol. The highest BCUT2D eigenvalue weighted by molar-refractivity contribution is 6.30. The zero-order valence-corrected chi connectivity index (χ0v) is 17.9. The minimum atomic E-state index is -0.636. The van der Waals surface area contributed by atoms with Gasteiger partial charge in [0.15, 0.2) is 11.6 Å². The van der Waals surface area contributed by atoms with Gasteiger partial charge in [0.1, 0.15) is 18.2 Å². The molecule has 0 unspecified atom stereocenters. The summed E-state index contributed by atoms with van der Waals surface area (Å²) in [6.07, 6.45) is 3.49. The van der Waals surface area contributed by atoms with E-state index in [2.05, 4.69) is 22.2 Å². The van der Waals surface area contributed by atoms with Crippen molar-refractivity contribution < 1.29 is 13.6 Å². The van der Waals surface area contributed by atoms with Gasteiger partial charge in [-0.25, -0.2) is 14.4 Å². The number of benzene rings is 1. The van der Waals surface area contributed by atoms with Gasteiger partial charge in [-0.2, -0.15) is 4.39 Å². The molecule has 2 fully saturated rings. The van der Waals surface area contributed by atoms with E-state index in [0.29, 0.717) is 31.7 Å². The van der Waals surface area contributed by atoms with Gasteiger partial charge in [0.05, 0.1) is 6.04 Å². The molecule has 0 saturated carbocycles. The summed E-state index contributed by atoms with van der Waals surface area (Å²) in [4.78, 5) is 24.8. The average molecular weight is 451 g/mol. The predicted octanol–water partition coefficient (Wildman–Crippen LogP) is 3.31. The number of anilines is 3. The Morgan fingerprint density at radius 1 is 1.19 bits per heavy atom. The second kappa shape index (κ2) is 8.82. The van der Waals surface area contributed by atoms with Crippen molar-refractivity contribution in [3.05, 3.63) is 41.2 Å². The number of piperidine rings is 2. The fourth-order valence-corrected chi connectivity index (χ4v) is 4.66. The number of hydrogen-bond acceptors (Lipinski definition) is 6. The number of amides is 1. The number of carbonyl (C=O) groups excluding carboxylic acids is 1. The second-order valence-corrected chi connectivity index (χ2v) is 8.64. The molecule has 0 aliphatic carbocycles. The van der Waals surface area contributed by atoms with Crippen LogP contribution in [0.2, 0.25) is 5.02 Å². The Morgan fingerprint density at radius 3 is 2.77 bits per heavy atom. The lowest BCUT2D eigenvalue weighted by Crippen LogP contribution is -2.59. The van der Waals surface area contributed by atoms with E-state index in [9.17, 15) is 13.6 Å². The maximum absolute atomic E-state index is 14.5. The van der Waals surface area contributed by atoms with E-state index in [4.69, 9.17) is 17.3 Å². The molecule has 1 aromatic heterocycles. The smallest absolute Gasteiger partial charge is 0.245 e. The van der Waals surface area contributed by atoms with Crippen LogP contribution in [0.1, 0.15) is 26.2 Å². The number of halogens is 3. The number of likely N-dealkylation sites (tertiary alicyclic amines) is 1. The lowest BCUT2D eigenvalue weighted by Gasteiger charge is -2.46. The van der Waals surface area contributed by atoms with Crippen LogP contribution in [0.5, 0.6) is 0 Å². The van der Waals surface area contributed by atoms with Gasteiger partial charge in [-0.1, -0.05) is 18.5 Å². The van der Waals surface area contributed by atoms with Gasteiger partial charge in [0.2, 0.25) is 11.7 Å². The van der Waals surface area contributed by atoms with Crippen LogP contribution >= 0.6 is 11.6 Å². The molecule has 7 nitrogen and oxygen atoms in total. The van der Waals surface area contributed by atoms with Crippen LogP contribution in [0.25, 0.3) is 0 Å². The van der Waals surface area contributed by atoms with Crippen LogP contribution in [0.3, 0.4) is 0 Å². The largest absolute Gasteiger partial charge is 0.381 e. The van der Waals surface area contributed by atoms with E-state index in [1.54, 1.807) is 6.07 Å². The van der Waals surface area contributed by atoms with Gasteiger partial charge < -0.3 is 20.9 Å². The zero-order valence-electron chi connectivity index (χ0n) is 17.2. The number of carbonyl (C=O) groups is 1. The van der Waals surface area contributed by atoms with Crippen LogP contribution in [0.4, 0.5) is 26.1 Å². The monoisotopic (exact) mass is 450 g/mol. The molecule has 0 radical (unpaired) electrons. The fourth-order valence-electron chi connectivity index (χ4n) is 4.44. The minimum absolute atomic E-state index is 0.0481. The number of aromatic nitrogens is 2. The SMILES string of the molecule is C[C@H]1CCN(c2ncnc(N)c2F)C[C@@H]1N1CCC[C@@H](Nc2cc(F)cc(Cl)c2)C1=O. The standard InChI is InChI=1S/C21H25ClF2N6O/c1-12-4-6-29(20-18(24)19(25)26-11-27-20)10-17(12)30-5-2-3-16(21(30)31)28-15-8-13(22)7-14(23)9-15/h7-9,11-12,16-17,28H,2-6,10H2,1H3,(H2,25,26,27)/t12-,16+,17-/m0/s1. The summed E-state index contributed by atoms with van der Waals surface area (Å²) in [6, 6.07) is 3.58. The van der Waals surface area contributed by atoms with Gasteiger partial charge in [-0.15, -0.1) is 0 Å². The number of nitrogen functional groups attached to an aromatic ring is 1. The number of rotatable bonds is 4. The third kappa shape index (κ3) is 4.51. The molecule has 31 heavy (non-hydrogen) atoms. The summed E-state index contributed by atoms with van der Waals surface area (Å²) in [6.45, 7) is 3.80. The fraction of sp³-hybridized carbons (Fsp3) is 0.476. The summed E-state index contributed by atoms with van der Waals surface area (Å²) in [5.41, 5.74) is 6.08. The first-order valence-electron chi connectivity index (χ1n) is 10.4. The van der Waals surface area contributed by atoms with Crippen molar-refractivity contribution in [3.8, 4) is 0 Å². The van der Waals surface area contributed by atoms with Crippen LogP contribution in [-0.2, 0) is 4.79 Å². The molecule has 3 heterocycles. The van der Waals surface area contributed by atoms with E-state index >= 15 is 0 Å². The van der Waals surface area contributed by atoms with Crippen LogP contribution in [0, 0.1) is 17.6 Å². The lowest BCUT2D eigenvalue weighted by atomic mass is 9.89. The molecule has 3 atom stereocenters. The third-order valence-corrected chi connectivity index (χ3v) is 6.31. The van der Waals surface area contributed by atoms with Crippen molar-refractivity contribution in [3.63, 3.8) is 0 Å². The van der Waals surface area contributed by atoms with Gasteiger partial charge >= 0.3 is 0 Å². The molecule has 2 aliphatic rings. The first-order valence-corrected chi connectivity index (χ1v) is 10.8. The molecule has 2 aliphatic heterocycles. The topological polar surface area (TPSA) is 87.4 Å². The second-order valence-electron chi connectivity index (χ2n) is 8.20. The van der Waals surface area contributed by atoms with Gasteiger partial charge in [-0.05, 0) is 43.4 Å². The van der Waals surface area contributed by atoms with Gasteiger partial charge in [0, 0.05) is 30.3 Å². The Labute approximate surface area is 184 Å². The molecular weight excluding hydrogens is 426 g/mol. The molecule has 3 N–H and O–H groups in total. The van der Waals surface area contributed by atoms with Crippen molar-refractivity contribution >= 4 is 34.8 Å². The molecule has 166 valence electrons. The van der Waals surface area contributed by atoms with Crippen molar-refractivity contribution in [2.75, 3.05) is 35.6 Å². The first kappa shape index (κ1) is 21.5. The number of nitrogens with one attached hydrogen (secondary N) is 1. The Kier molecular flexibility index (Phi) is 6.13. The van der Waals surface area contributed by atoms with E-state index < -0.39 is 17.7 Å².